The Labute approximate surface area is 68.2 Å². The van der Waals surface area contributed by atoms with E-state index in [1.165, 1.54) is 6.92 Å². The second kappa shape index (κ2) is 4.16. The Bertz CT molecular complexity index is 113. The van der Waals surface area contributed by atoms with Crippen molar-refractivity contribution < 1.29 is 18.3 Å². The molecule has 0 bridgehead atoms. The fourth-order valence-corrected chi connectivity index (χ4v) is 1.06. The number of aliphatic hydroxyl groups excluding tert-OH is 1. The summed E-state index contributed by atoms with van der Waals surface area (Å²) in [4.78, 5) is 0. The predicted octanol–water partition coefficient (Wildman–Crippen LogP) is 2.17. The van der Waals surface area contributed by atoms with Gasteiger partial charge in [0, 0.05) is 12.0 Å². The fraction of sp³-hybridized carbons (Fsp3) is 1.00. The van der Waals surface area contributed by atoms with Crippen LogP contribution in [0.2, 0.25) is 0 Å². The standard InChI is InChI=1S/C6H10ClF3O/c1-4(7)5(2-3-11)6(8,9)10/h4-5,11H,2-3H2,1H3/t4?,5-/m0/s1. The van der Waals surface area contributed by atoms with Crippen molar-refractivity contribution in [1.82, 2.24) is 0 Å². The molecule has 5 heteroatoms. The summed E-state index contributed by atoms with van der Waals surface area (Å²) in [6.07, 6.45) is -4.63. The molecule has 1 unspecified atom stereocenters. The molecule has 1 nitrogen and oxygen atoms in total. The van der Waals surface area contributed by atoms with Gasteiger partial charge in [-0.25, -0.2) is 0 Å². The van der Waals surface area contributed by atoms with Crippen molar-refractivity contribution >= 4 is 11.6 Å². The SMILES string of the molecule is CC(Cl)[C@H](CCO)C(F)(F)F. The van der Waals surface area contributed by atoms with E-state index in [0.29, 0.717) is 0 Å². The average Bonchev–Trinajstić information content (AvgIpc) is 1.79. The quantitative estimate of drug-likeness (QED) is 0.677. The lowest BCUT2D eigenvalue weighted by molar-refractivity contribution is -0.177. The van der Waals surface area contributed by atoms with Crippen molar-refractivity contribution in [3.63, 3.8) is 0 Å². The Morgan fingerprint density at radius 1 is 1.45 bits per heavy atom. The summed E-state index contributed by atoms with van der Waals surface area (Å²) in [5.41, 5.74) is 0. The van der Waals surface area contributed by atoms with E-state index >= 15 is 0 Å². The summed E-state index contributed by atoms with van der Waals surface area (Å²) in [5, 5.41) is 7.31. The number of hydrogen-bond donors (Lipinski definition) is 1. The molecule has 0 aliphatic carbocycles. The fourth-order valence-electron chi connectivity index (χ4n) is 0.793. The number of alkyl halides is 4. The lowest BCUT2D eigenvalue weighted by atomic mass is 10.0. The summed E-state index contributed by atoms with van der Waals surface area (Å²) < 4.78 is 35.9. The highest BCUT2D eigenvalue weighted by Crippen LogP contribution is 2.33. The smallest absolute Gasteiger partial charge is 0.393 e. The van der Waals surface area contributed by atoms with Crippen molar-refractivity contribution in [1.29, 1.82) is 0 Å². The minimum Gasteiger partial charge on any atom is -0.396 e. The van der Waals surface area contributed by atoms with Crippen molar-refractivity contribution in [3.05, 3.63) is 0 Å². The van der Waals surface area contributed by atoms with Crippen molar-refractivity contribution in [2.24, 2.45) is 5.92 Å². The molecule has 0 aromatic rings. The largest absolute Gasteiger partial charge is 0.396 e. The highest BCUT2D eigenvalue weighted by molar-refractivity contribution is 6.20. The molecule has 0 aromatic heterocycles. The summed E-state index contributed by atoms with van der Waals surface area (Å²) in [6.45, 7) is 0.788. The van der Waals surface area contributed by atoms with Gasteiger partial charge in [0.05, 0.1) is 5.92 Å². The molecule has 0 heterocycles. The minimum absolute atomic E-state index is 0.325. The van der Waals surface area contributed by atoms with Crippen molar-refractivity contribution in [2.75, 3.05) is 6.61 Å². The third kappa shape index (κ3) is 3.82. The number of aliphatic hydroxyl groups is 1. The second-order valence-corrected chi connectivity index (χ2v) is 3.03. The van der Waals surface area contributed by atoms with E-state index in [1.807, 2.05) is 0 Å². The van der Waals surface area contributed by atoms with Gasteiger partial charge in [-0.1, -0.05) is 0 Å². The van der Waals surface area contributed by atoms with Crippen LogP contribution in [0.3, 0.4) is 0 Å². The van der Waals surface area contributed by atoms with E-state index < -0.39 is 24.1 Å². The van der Waals surface area contributed by atoms with Crippen molar-refractivity contribution in [3.8, 4) is 0 Å². The summed E-state index contributed by atoms with van der Waals surface area (Å²) in [5.74, 6) is -1.60. The first-order valence-corrected chi connectivity index (χ1v) is 3.65. The predicted molar refractivity (Wildman–Crippen MR) is 36.6 cm³/mol. The average molecular weight is 191 g/mol. The first-order chi connectivity index (χ1) is 4.89. The Morgan fingerprint density at radius 2 is 1.91 bits per heavy atom. The van der Waals surface area contributed by atoms with Gasteiger partial charge < -0.3 is 5.11 Å². The molecule has 0 aliphatic heterocycles. The number of halogens is 4. The molecular formula is C6H10ClF3O. The van der Waals surface area contributed by atoms with Crippen LogP contribution in [0.4, 0.5) is 13.2 Å². The molecule has 68 valence electrons. The van der Waals surface area contributed by atoms with Gasteiger partial charge >= 0.3 is 6.18 Å². The zero-order valence-corrected chi connectivity index (χ0v) is 6.78. The zero-order chi connectivity index (χ0) is 9.07. The molecule has 0 rings (SSSR count). The van der Waals surface area contributed by atoms with Gasteiger partial charge in [-0.15, -0.1) is 11.6 Å². The van der Waals surface area contributed by atoms with Crippen LogP contribution >= 0.6 is 11.6 Å². The Hall–Kier alpha value is 0.0400. The van der Waals surface area contributed by atoms with E-state index in [9.17, 15) is 13.2 Å². The second-order valence-electron chi connectivity index (χ2n) is 2.34. The van der Waals surface area contributed by atoms with E-state index in [1.54, 1.807) is 0 Å². The molecular weight excluding hydrogens is 181 g/mol. The Balaban J connectivity index is 4.10. The molecule has 0 saturated heterocycles. The molecule has 2 atom stereocenters. The zero-order valence-electron chi connectivity index (χ0n) is 6.03. The monoisotopic (exact) mass is 190 g/mol. The van der Waals surface area contributed by atoms with Crippen molar-refractivity contribution in [2.45, 2.75) is 24.9 Å². The van der Waals surface area contributed by atoms with Crippen LogP contribution in [0.15, 0.2) is 0 Å². The third-order valence-corrected chi connectivity index (χ3v) is 1.72. The van der Waals surface area contributed by atoms with E-state index in [2.05, 4.69) is 0 Å². The van der Waals surface area contributed by atoms with Gasteiger partial charge in [-0.2, -0.15) is 13.2 Å². The first kappa shape index (κ1) is 11.0. The molecule has 1 N–H and O–H groups in total. The van der Waals surface area contributed by atoms with E-state index in [0.717, 1.165) is 0 Å². The topological polar surface area (TPSA) is 20.2 Å². The van der Waals surface area contributed by atoms with E-state index in [-0.39, 0.29) is 6.42 Å². The third-order valence-electron chi connectivity index (χ3n) is 1.41. The summed E-state index contributed by atoms with van der Waals surface area (Å²) in [6, 6.07) is 0. The van der Waals surface area contributed by atoms with Crippen LogP contribution in [0.5, 0.6) is 0 Å². The maximum absolute atomic E-state index is 12.0. The van der Waals surface area contributed by atoms with Gasteiger partial charge in [-0.05, 0) is 13.3 Å². The molecule has 0 amide bonds. The lowest BCUT2D eigenvalue weighted by Crippen LogP contribution is -2.30. The van der Waals surface area contributed by atoms with Crippen LogP contribution in [0.1, 0.15) is 13.3 Å². The Morgan fingerprint density at radius 3 is 2.00 bits per heavy atom. The van der Waals surface area contributed by atoms with Gasteiger partial charge in [-0.3, -0.25) is 0 Å². The van der Waals surface area contributed by atoms with Gasteiger partial charge in [0.25, 0.3) is 0 Å². The summed E-state index contributed by atoms with van der Waals surface area (Å²) >= 11 is 5.28. The molecule has 0 radical (unpaired) electrons. The molecule has 0 aliphatic rings. The number of rotatable bonds is 3. The lowest BCUT2D eigenvalue weighted by Gasteiger charge is -2.20. The van der Waals surface area contributed by atoms with Crippen LogP contribution in [0, 0.1) is 5.92 Å². The molecule has 11 heavy (non-hydrogen) atoms. The highest BCUT2D eigenvalue weighted by atomic mass is 35.5. The molecule has 0 fully saturated rings. The van der Waals surface area contributed by atoms with Crippen LogP contribution in [-0.4, -0.2) is 23.3 Å². The van der Waals surface area contributed by atoms with Crippen LogP contribution < -0.4 is 0 Å². The maximum Gasteiger partial charge on any atom is 0.393 e. The van der Waals surface area contributed by atoms with Crippen LogP contribution in [0.25, 0.3) is 0 Å². The van der Waals surface area contributed by atoms with Gasteiger partial charge in [0.1, 0.15) is 0 Å². The van der Waals surface area contributed by atoms with E-state index in [4.69, 9.17) is 16.7 Å². The van der Waals surface area contributed by atoms with Gasteiger partial charge in [0.15, 0.2) is 0 Å². The van der Waals surface area contributed by atoms with Crippen LogP contribution in [-0.2, 0) is 0 Å². The normalized spacial score (nSPS) is 18.0. The first-order valence-electron chi connectivity index (χ1n) is 3.21. The minimum atomic E-state index is -4.30. The summed E-state index contributed by atoms with van der Waals surface area (Å²) in [7, 11) is 0. The molecule has 0 aromatic carbocycles. The molecule has 0 saturated carbocycles. The maximum atomic E-state index is 12.0. The number of hydrogen-bond acceptors (Lipinski definition) is 1. The highest BCUT2D eigenvalue weighted by Gasteiger charge is 2.41. The molecule has 0 spiro atoms. The Kier molecular flexibility index (Phi) is 4.18. The van der Waals surface area contributed by atoms with Gasteiger partial charge in [0.2, 0.25) is 0 Å².